The molecule has 106 valence electrons. The zero-order chi connectivity index (χ0) is 14.8. The van der Waals surface area contributed by atoms with Crippen molar-refractivity contribution in [3.63, 3.8) is 0 Å². The first-order chi connectivity index (χ1) is 9.38. The molecular weight excluding hydrogens is 296 g/mol. The van der Waals surface area contributed by atoms with Gasteiger partial charge in [0, 0.05) is 6.54 Å². The van der Waals surface area contributed by atoms with E-state index in [1.54, 1.807) is 0 Å². The lowest BCUT2D eigenvalue weighted by molar-refractivity contribution is 0.581. The zero-order valence-corrected chi connectivity index (χ0v) is 12.5. The Kier molecular flexibility index (Phi) is 4.32. The van der Waals surface area contributed by atoms with Crippen molar-refractivity contribution in [3.8, 4) is 0 Å². The standard InChI is InChI=1S/C14H15ClN2O2S/c1-10-3-2-4-11(7-10)9-17-20(18,19)12-5-6-14(16)13(15)8-12/h2-8,17H,9,16H2,1H3. The highest BCUT2D eigenvalue weighted by molar-refractivity contribution is 7.89. The highest BCUT2D eigenvalue weighted by atomic mass is 35.5. The quantitative estimate of drug-likeness (QED) is 0.853. The van der Waals surface area contributed by atoms with Crippen LogP contribution in [0.4, 0.5) is 5.69 Å². The third-order valence-electron chi connectivity index (χ3n) is 2.83. The monoisotopic (exact) mass is 310 g/mol. The Balaban J connectivity index is 2.17. The summed E-state index contributed by atoms with van der Waals surface area (Å²) in [6.07, 6.45) is 0. The van der Waals surface area contributed by atoms with Gasteiger partial charge in [-0.3, -0.25) is 0 Å². The molecule has 0 aromatic heterocycles. The first kappa shape index (κ1) is 14.8. The van der Waals surface area contributed by atoms with E-state index in [1.165, 1.54) is 18.2 Å². The van der Waals surface area contributed by atoms with E-state index in [0.29, 0.717) is 5.69 Å². The number of sulfonamides is 1. The Morgan fingerprint density at radius 3 is 2.60 bits per heavy atom. The van der Waals surface area contributed by atoms with Gasteiger partial charge in [0.1, 0.15) is 0 Å². The fraction of sp³-hybridized carbons (Fsp3) is 0.143. The maximum atomic E-state index is 12.1. The molecule has 20 heavy (non-hydrogen) atoms. The van der Waals surface area contributed by atoms with Crippen LogP contribution in [-0.2, 0) is 16.6 Å². The van der Waals surface area contributed by atoms with Crippen molar-refractivity contribution in [3.05, 3.63) is 58.6 Å². The number of benzene rings is 2. The lowest BCUT2D eigenvalue weighted by Gasteiger charge is -2.08. The van der Waals surface area contributed by atoms with Crippen LogP contribution in [0, 0.1) is 6.92 Å². The molecular formula is C14H15ClN2O2S. The van der Waals surface area contributed by atoms with Crippen LogP contribution in [0.1, 0.15) is 11.1 Å². The molecule has 0 saturated carbocycles. The van der Waals surface area contributed by atoms with Crippen molar-refractivity contribution >= 4 is 27.3 Å². The van der Waals surface area contributed by atoms with Gasteiger partial charge in [-0.15, -0.1) is 0 Å². The third kappa shape index (κ3) is 3.50. The summed E-state index contributed by atoms with van der Waals surface area (Å²) in [6.45, 7) is 2.18. The van der Waals surface area contributed by atoms with Crippen molar-refractivity contribution < 1.29 is 8.42 Å². The fourth-order valence-corrected chi connectivity index (χ4v) is 3.05. The normalized spacial score (nSPS) is 11.5. The third-order valence-corrected chi connectivity index (χ3v) is 4.56. The largest absolute Gasteiger partial charge is 0.398 e. The van der Waals surface area contributed by atoms with E-state index >= 15 is 0 Å². The Hall–Kier alpha value is -1.56. The van der Waals surface area contributed by atoms with E-state index in [9.17, 15) is 8.42 Å². The van der Waals surface area contributed by atoms with E-state index in [4.69, 9.17) is 17.3 Å². The lowest BCUT2D eigenvalue weighted by Crippen LogP contribution is -2.23. The van der Waals surface area contributed by atoms with Crippen LogP contribution < -0.4 is 10.5 Å². The van der Waals surface area contributed by atoms with Gasteiger partial charge in [0.25, 0.3) is 0 Å². The molecule has 0 spiro atoms. The number of hydrogen-bond acceptors (Lipinski definition) is 3. The number of hydrogen-bond donors (Lipinski definition) is 2. The van der Waals surface area contributed by atoms with Gasteiger partial charge in [-0.05, 0) is 30.7 Å². The molecule has 0 bridgehead atoms. The smallest absolute Gasteiger partial charge is 0.240 e. The molecule has 2 aromatic rings. The number of nitrogen functional groups attached to an aromatic ring is 1. The maximum Gasteiger partial charge on any atom is 0.240 e. The minimum atomic E-state index is -3.60. The summed E-state index contributed by atoms with van der Waals surface area (Å²) in [7, 11) is -3.60. The molecule has 0 atom stereocenters. The molecule has 0 aliphatic rings. The zero-order valence-electron chi connectivity index (χ0n) is 10.9. The number of anilines is 1. The van der Waals surface area contributed by atoms with E-state index in [1.807, 2.05) is 31.2 Å². The first-order valence-electron chi connectivity index (χ1n) is 5.99. The molecule has 0 saturated heterocycles. The van der Waals surface area contributed by atoms with Crippen molar-refractivity contribution in [2.24, 2.45) is 0 Å². The van der Waals surface area contributed by atoms with Gasteiger partial charge in [0.15, 0.2) is 0 Å². The molecule has 0 heterocycles. The van der Waals surface area contributed by atoms with Gasteiger partial charge in [-0.1, -0.05) is 41.4 Å². The van der Waals surface area contributed by atoms with Gasteiger partial charge in [0.05, 0.1) is 15.6 Å². The molecule has 0 aliphatic heterocycles. The van der Waals surface area contributed by atoms with E-state index in [0.717, 1.165) is 11.1 Å². The highest BCUT2D eigenvalue weighted by Crippen LogP contribution is 2.22. The summed E-state index contributed by atoms with van der Waals surface area (Å²) in [5.41, 5.74) is 7.90. The Morgan fingerprint density at radius 2 is 1.95 bits per heavy atom. The van der Waals surface area contributed by atoms with Crippen LogP contribution in [0.3, 0.4) is 0 Å². The predicted octanol–water partition coefficient (Wildman–Crippen LogP) is 2.71. The molecule has 0 fully saturated rings. The van der Waals surface area contributed by atoms with Crippen molar-refractivity contribution in [2.75, 3.05) is 5.73 Å². The summed E-state index contributed by atoms with van der Waals surface area (Å²) < 4.78 is 26.8. The Morgan fingerprint density at radius 1 is 1.20 bits per heavy atom. The highest BCUT2D eigenvalue weighted by Gasteiger charge is 2.14. The summed E-state index contributed by atoms with van der Waals surface area (Å²) in [6, 6.07) is 11.9. The van der Waals surface area contributed by atoms with Gasteiger partial charge >= 0.3 is 0 Å². The van der Waals surface area contributed by atoms with Crippen molar-refractivity contribution in [1.29, 1.82) is 0 Å². The maximum absolute atomic E-state index is 12.1. The second-order valence-corrected chi connectivity index (χ2v) is 6.67. The van der Waals surface area contributed by atoms with E-state index in [-0.39, 0.29) is 16.5 Å². The van der Waals surface area contributed by atoms with Crippen LogP contribution in [0.5, 0.6) is 0 Å². The van der Waals surface area contributed by atoms with Crippen molar-refractivity contribution in [1.82, 2.24) is 4.72 Å². The average Bonchev–Trinajstić information content (AvgIpc) is 2.40. The van der Waals surface area contributed by atoms with Crippen LogP contribution in [-0.4, -0.2) is 8.42 Å². The average molecular weight is 311 g/mol. The lowest BCUT2D eigenvalue weighted by atomic mass is 10.1. The van der Waals surface area contributed by atoms with Crippen LogP contribution in [0.2, 0.25) is 5.02 Å². The SMILES string of the molecule is Cc1cccc(CNS(=O)(=O)c2ccc(N)c(Cl)c2)c1. The predicted molar refractivity (Wildman–Crippen MR) is 81.1 cm³/mol. The molecule has 6 heteroatoms. The summed E-state index contributed by atoms with van der Waals surface area (Å²) in [5, 5.41) is 0.225. The number of nitrogens with one attached hydrogen (secondary N) is 1. The van der Waals surface area contributed by atoms with Gasteiger partial charge in [-0.2, -0.15) is 0 Å². The number of aryl methyl sites for hydroxylation is 1. The number of halogens is 1. The number of nitrogens with two attached hydrogens (primary N) is 1. The number of rotatable bonds is 4. The molecule has 0 aliphatic carbocycles. The minimum absolute atomic E-state index is 0.101. The van der Waals surface area contributed by atoms with Gasteiger partial charge < -0.3 is 5.73 Å². The first-order valence-corrected chi connectivity index (χ1v) is 7.85. The van der Waals surface area contributed by atoms with Gasteiger partial charge in [0.2, 0.25) is 10.0 Å². The second kappa shape index (κ2) is 5.83. The fourth-order valence-electron chi connectivity index (χ4n) is 1.76. The molecule has 4 nitrogen and oxygen atoms in total. The molecule has 0 unspecified atom stereocenters. The summed E-state index contributed by atoms with van der Waals surface area (Å²) >= 11 is 5.84. The van der Waals surface area contributed by atoms with E-state index in [2.05, 4.69) is 4.72 Å². The van der Waals surface area contributed by atoms with Crippen molar-refractivity contribution in [2.45, 2.75) is 18.4 Å². The van der Waals surface area contributed by atoms with Crippen LogP contribution in [0.25, 0.3) is 0 Å². The topological polar surface area (TPSA) is 72.2 Å². The Bertz CT molecular complexity index is 730. The Labute approximate surface area is 123 Å². The van der Waals surface area contributed by atoms with Crippen LogP contribution >= 0.6 is 11.6 Å². The van der Waals surface area contributed by atoms with Gasteiger partial charge in [-0.25, -0.2) is 13.1 Å². The minimum Gasteiger partial charge on any atom is -0.398 e. The summed E-state index contributed by atoms with van der Waals surface area (Å²) in [5.74, 6) is 0. The molecule has 2 aromatic carbocycles. The second-order valence-electron chi connectivity index (χ2n) is 4.50. The molecule has 0 radical (unpaired) electrons. The molecule has 0 amide bonds. The summed E-state index contributed by atoms with van der Waals surface area (Å²) in [4.78, 5) is 0.101. The molecule has 2 rings (SSSR count). The van der Waals surface area contributed by atoms with E-state index < -0.39 is 10.0 Å². The van der Waals surface area contributed by atoms with Crippen LogP contribution in [0.15, 0.2) is 47.4 Å². The molecule has 3 N–H and O–H groups in total.